The standard InChI is InChI=1S/C25H18N2O6/c28-26(29)20-7-11-22(12-8-20)32-24-5-1-3-18(16-24)15-19-4-2-6-25(17-19)33-23-13-9-21(10-14-23)27(30)31/h1-14,16-17H,15H2. The molecule has 0 aromatic heterocycles. The molecule has 0 radical (unpaired) electrons. The van der Waals surface area contributed by atoms with Crippen LogP contribution in [0.3, 0.4) is 0 Å². The van der Waals surface area contributed by atoms with Gasteiger partial charge in [0.2, 0.25) is 0 Å². The molecule has 164 valence electrons. The number of nitrogens with zero attached hydrogens (tertiary/aromatic N) is 2. The van der Waals surface area contributed by atoms with Gasteiger partial charge < -0.3 is 9.47 Å². The smallest absolute Gasteiger partial charge is 0.269 e. The Labute approximate surface area is 189 Å². The third kappa shape index (κ3) is 5.71. The van der Waals surface area contributed by atoms with E-state index in [0.29, 0.717) is 29.4 Å². The second-order valence-electron chi connectivity index (χ2n) is 7.18. The molecule has 0 atom stereocenters. The van der Waals surface area contributed by atoms with E-state index in [1.165, 1.54) is 24.3 Å². The molecule has 0 aliphatic carbocycles. The first-order chi connectivity index (χ1) is 16.0. The molecule has 4 aromatic rings. The fraction of sp³-hybridized carbons (Fsp3) is 0.0400. The Kier molecular flexibility index (Phi) is 6.26. The molecule has 0 N–H and O–H groups in total. The summed E-state index contributed by atoms with van der Waals surface area (Å²) in [5, 5.41) is 21.6. The van der Waals surface area contributed by atoms with Crippen molar-refractivity contribution in [3.05, 3.63) is 128 Å². The molecule has 0 aliphatic heterocycles. The van der Waals surface area contributed by atoms with Gasteiger partial charge in [0.1, 0.15) is 23.0 Å². The van der Waals surface area contributed by atoms with Crippen LogP contribution in [0.2, 0.25) is 0 Å². The lowest BCUT2D eigenvalue weighted by atomic mass is 10.0. The van der Waals surface area contributed by atoms with Crippen LogP contribution < -0.4 is 9.47 Å². The molecule has 8 heteroatoms. The molecule has 4 rings (SSSR count). The van der Waals surface area contributed by atoms with Gasteiger partial charge in [0.05, 0.1) is 9.85 Å². The van der Waals surface area contributed by atoms with Crippen LogP contribution in [0.25, 0.3) is 0 Å². The Bertz CT molecular complexity index is 1190. The van der Waals surface area contributed by atoms with Crippen LogP contribution in [0.4, 0.5) is 11.4 Å². The third-order valence-corrected chi connectivity index (χ3v) is 4.77. The minimum atomic E-state index is -0.454. The second kappa shape index (κ2) is 9.61. The predicted molar refractivity (Wildman–Crippen MR) is 122 cm³/mol. The molecule has 0 aliphatic rings. The molecule has 0 saturated heterocycles. The maximum atomic E-state index is 10.8. The highest BCUT2D eigenvalue weighted by molar-refractivity contribution is 5.42. The van der Waals surface area contributed by atoms with Crippen molar-refractivity contribution in [1.82, 2.24) is 0 Å². The van der Waals surface area contributed by atoms with Gasteiger partial charge in [-0.05, 0) is 66.1 Å². The topological polar surface area (TPSA) is 105 Å². The number of ether oxygens (including phenoxy) is 2. The summed E-state index contributed by atoms with van der Waals surface area (Å²) in [5.74, 6) is 2.27. The van der Waals surface area contributed by atoms with Crippen LogP contribution >= 0.6 is 0 Å². The summed E-state index contributed by atoms with van der Waals surface area (Å²) in [4.78, 5) is 20.7. The van der Waals surface area contributed by atoms with E-state index in [-0.39, 0.29) is 11.4 Å². The van der Waals surface area contributed by atoms with E-state index in [2.05, 4.69) is 0 Å². The van der Waals surface area contributed by atoms with Gasteiger partial charge in [-0.15, -0.1) is 0 Å². The Morgan fingerprint density at radius 1 is 0.545 bits per heavy atom. The van der Waals surface area contributed by atoms with E-state index in [1.54, 1.807) is 24.3 Å². The van der Waals surface area contributed by atoms with Gasteiger partial charge in [-0.25, -0.2) is 0 Å². The van der Waals surface area contributed by atoms with Crippen molar-refractivity contribution in [3.63, 3.8) is 0 Å². The fourth-order valence-corrected chi connectivity index (χ4v) is 3.22. The van der Waals surface area contributed by atoms with Crippen molar-refractivity contribution in [3.8, 4) is 23.0 Å². The minimum absolute atomic E-state index is 0.00641. The number of hydrogen-bond donors (Lipinski definition) is 0. The van der Waals surface area contributed by atoms with E-state index in [4.69, 9.17) is 9.47 Å². The molecule has 0 amide bonds. The van der Waals surface area contributed by atoms with E-state index in [1.807, 2.05) is 48.5 Å². The van der Waals surface area contributed by atoms with E-state index >= 15 is 0 Å². The van der Waals surface area contributed by atoms with E-state index in [0.717, 1.165) is 11.1 Å². The lowest BCUT2D eigenvalue weighted by Crippen LogP contribution is -1.92. The average Bonchev–Trinajstić information content (AvgIpc) is 2.80. The van der Waals surface area contributed by atoms with Crippen molar-refractivity contribution < 1.29 is 19.3 Å². The molecule has 0 spiro atoms. The number of rotatable bonds is 8. The normalized spacial score (nSPS) is 10.4. The summed E-state index contributed by atoms with van der Waals surface area (Å²) in [7, 11) is 0. The van der Waals surface area contributed by atoms with E-state index in [9.17, 15) is 20.2 Å². The summed E-state index contributed by atoms with van der Waals surface area (Å²) in [6, 6.07) is 27.0. The van der Waals surface area contributed by atoms with Crippen molar-refractivity contribution in [1.29, 1.82) is 0 Å². The Balaban J connectivity index is 1.43. The summed E-state index contributed by atoms with van der Waals surface area (Å²) >= 11 is 0. The van der Waals surface area contributed by atoms with Crippen LogP contribution in [0.1, 0.15) is 11.1 Å². The van der Waals surface area contributed by atoms with Gasteiger partial charge in [-0.3, -0.25) is 20.2 Å². The van der Waals surface area contributed by atoms with Crippen LogP contribution in [-0.2, 0) is 6.42 Å². The zero-order valence-electron chi connectivity index (χ0n) is 17.3. The number of nitro benzene ring substituents is 2. The van der Waals surface area contributed by atoms with Gasteiger partial charge in [0.25, 0.3) is 11.4 Å². The zero-order chi connectivity index (χ0) is 23.2. The first-order valence-electron chi connectivity index (χ1n) is 9.99. The summed E-state index contributed by atoms with van der Waals surface area (Å²) < 4.78 is 11.7. The lowest BCUT2D eigenvalue weighted by Gasteiger charge is -2.10. The SMILES string of the molecule is O=[N+]([O-])c1ccc(Oc2cccc(Cc3cccc(Oc4ccc([N+](=O)[O-])cc4)c3)c2)cc1. The highest BCUT2D eigenvalue weighted by Crippen LogP contribution is 2.27. The Morgan fingerprint density at radius 3 is 1.30 bits per heavy atom. The minimum Gasteiger partial charge on any atom is -0.457 e. The van der Waals surface area contributed by atoms with Gasteiger partial charge in [0.15, 0.2) is 0 Å². The first-order valence-corrected chi connectivity index (χ1v) is 9.99. The summed E-state index contributed by atoms with van der Waals surface area (Å²) in [6.45, 7) is 0. The maximum absolute atomic E-state index is 10.8. The molecule has 0 bridgehead atoms. The zero-order valence-corrected chi connectivity index (χ0v) is 17.3. The molecule has 33 heavy (non-hydrogen) atoms. The number of nitro groups is 2. The molecular weight excluding hydrogens is 424 g/mol. The van der Waals surface area contributed by atoms with Crippen LogP contribution in [0.5, 0.6) is 23.0 Å². The fourth-order valence-electron chi connectivity index (χ4n) is 3.22. The monoisotopic (exact) mass is 442 g/mol. The number of hydrogen-bond acceptors (Lipinski definition) is 6. The van der Waals surface area contributed by atoms with Crippen molar-refractivity contribution in [2.45, 2.75) is 6.42 Å². The van der Waals surface area contributed by atoms with Gasteiger partial charge in [-0.2, -0.15) is 0 Å². The average molecular weight is 442 g/mol. The lowest BCUT2D eigenvalue weighted by molar-refractivity contribution is -0.385. The summed E-state index contributed by atoms with van der Waals surface area (Å²) in [5.41, 5.74) is 2.04. The third-order valence-electron chi connectivity index (χ3n) is 4.77. The largest absolute Gasteiger partial charge is 0.457 e. The first kappa shape index (κ1) is 21.5. The van der Waals surface area contributed by atoms with Gasteiger partial charge >= 0.3 is 0 Å². The van der Waals surface area contributed by atoms with Crippen LogP contribution in [0, 0.1) is 20.2 Å². The highest BCUT2D eigenvalue weighted by atomic mass is 16.6. The van der Waals surface area contributed by atoms with Crippen molar-refractivity contribution in [2.75, 3.05) is 0 Å². The molecule has 0 saturated carbocycles. The Hall–Kier alpha value is -4.72. The molecule has 0 unspecified atom stereocenters. The number of benzene rings is 4. The van der Waals surface area contributed by atoms with Crippen molar-refractivity contribution >= 4 is 11.4 Å². The predicted octanol–water partition coefficient (Wildman–Crippen LogP) is 6.68. The Morgan fingerprint density at radius 2 is 0.939 bits per heavy atom. The van der Waals surface area contributed by atoms with Crippen LogP contribution in [-0.4, -0.2) is 9.85 Å². The van der Waals surface area contributed by atoms with E-state index < -0.39 is 9.85 Å². The van der Waals surface area contributed by atoms with Crippen molar-refractivity contribution in [2.24, 2.45) is 0 Å². The molecule has 0 heterocycles. The van der Waals surface area contributed by atoms with Gasteiger partial charge in [-0.1, -0.05) is 24.3 Å². The van der Waals surface area contributed by atoms with Crippen LogP contribution in [0.15, 0.2) is 97.1 Å². The molecule has 0 fully saturated rings. The summed E-state index contributed by atoms with van der Waals surface area (Å²) in [6.07, 6.45) is 0.634. The van der Waals surface area contributed by atoms with Gasteiger partial charge in [0, 0.05) is 24.3 Å². The molecular formula is C25H18N2O6. The quantitative estimate of drug-likeness (QED) is 0.223. The maximum Gasteiger partial charge on any atom is 0.269 e. The molecule has 4 aromatic carbocycles. The number of non-ortho nitro benzene ring substituents is 2. The highest BCUT2D eigenvalue weighted by Gasteiger charge is 2.08. The molecule has 8 nitrogen and oxygen atoms in total. The second-order valence-corrected chi connectivity index (χ2v) is 7.18.